The number of nitrogens with two attached hydrogens (primary N) is 1. The Kier molecular flexibility index (Phi) is 3.77. The zero-order valence-electron chi connectivity index (χ0n) is 11.5. The summed E-state index contributed by atoms with van der Waals surface area (Å²) in [4.78, 5) is 9.70. The summed E-state index contributed by atoms with van der Waals surface area (Å²) in [5, 5.41) is 0.833. The average molecular weight is 299 g/mol. The molecule has 3 nitrogen and oxygen atoms in total. The second kappa shape index (κ2) is 5.71. The number of thiazole rings is 1. The standard InChI is InChI=1S/C16H14FN3S/c1-10-15(13-8-7-12(17)9-19-13)20-16(21-10)14(18)11-5-3-2-4-6-11/h2-9,14H,18H2,1H3. The lowest BCUT2D eigenvalue weighted by atomic mass is 10.1. The topological polar surface area (TPSA) is 51.8 Å². The number of aromatic nitrogens is 2. The Bertz CT molecular complexity index is 738. The largest absolute Gasteiger partial charge is 0.318 e. The fraction of sp³-hybridized carbons (Fsp3) is 0.125. The summed E-state index contributed by atoms with van der Waals surface area (Å²) in [6.45, 7) is 1.97. The molecule has 0 fully saturated rings. The lowest BCUT2D eigenvalue weighted by molar-refractivity contribution is 0.622. The molecule has 0 saturated heterocycles. The minimum atomic E-state index is -0.354. The third-order valence-corrected chi connectivity index (χ3v) is 4.26. The van der Waals surface area contributed by atoms with Crippen LogP contribution in [0.15, 0.2) is 48.7 Å². The molecule has 0 aliphatic carbocycles. The SMILES string of the molecule is Cc1sc(C(N)c2ccccc2)nc1-c1ccc(F)cn1. The summed E-state index contributed by atoms with van der Waals surface area (Å²) in [5.41, 5.74) is 8.72. The highest BCUT2D eigenvalue weighted by Gasteiger charge is 2.17. The molecule has 0 spiro atoms. The van der Waals surface area contributed by atoms with Crippen LogP contribution in [-0.4, -0.2) is 9.97 Å². The van der Waals surface area contributed by atoms with Gasteiger partial charge in [0.1, 0.15) is 16.5 Å². The van der Waals surface area contributed by atoms with Crippen molar-refractivity contribution in [2.24, 2.45) is 5.73 Å². The van der Waals surface area contributed by atoms with Crippen molar-refractivity contribution in [3.8, 4) is 11.4 Å². The first-order chi connectivity index (χ1) is 10.1. The first-order valence-corrected chi connectivity index (χ1v) is 7.36. The van der Waals surface area contributed by atoms with Gasteiger partial charge >= 0.3 is 0 Å². The number of aryl methyl sites for hydroxylation is 1. The van der Waals surface area contributed by atoms with E-state index in [1.54, 1.807) is 17.4 Å². The Hall–Kier alpha value is -2.11. The summed E-state index contributed by atoms with van der Waals surface area (Å²) in [6, 6.07) is 12.6. The first-order valence-electron chi connectivity index (χ1n) is 6.55. The molecule has 0 saturated carbocycles. The smallest absolute Gasteiger partial charge is 0.141 e. The van der Waals surface area contributed by atoms with Crippen molar-refractivity contribution < 1.29 is 4.39 Å². The molecule has 2 heterocycles. The summed E-state index contributed by atoms with van der Waals surface area (Å²) in [5.74, 6) is -0.354. The maximum absolute atomic E-state index is 13.0. The maximum Gasteiger partial charge on any atom is 0.141 e. The molecule has 3 aromatic rings. The molecule has 1 aromatic carbocycles. The Morgan fingerprint density at radius 1 is 1.14 bits per heavy atom. The van der Waals surface area contributed by atoms with Gasteiger partial charge in [-0.05, 0) is 24.6 Å². The third kappa shape index (κ3) is 2.84. The summed E-state index contributed by atoms with van der Waals surface area (Å²) < 4.78 is 13.0. The third-order valence-electron chi connectivity index (χ3n) is 3.21. The van der Waals surface area contributed by atoms with Crippen molar-refractivity contribution in [3.05, 3.63) is 69.9 Å². The van der Waals surface area contributed by atoms with E-state index in [2.05, 4.69) is 9.97 Å². The summed E-state index contributed by atoms with van der Waals surface area (Å²) in [7, 11) is 0. The van der Waals surface area contributed by atoms with Crippen LogP contribution >= 0.6 is 11.3 Å². The highest BCUT2D eigenvalue weighted by Crippen LogP contribution is 2.31. The molecule has 106 valence electrons. The zero-order chi connectivity index (χ0) is 14.8. The van der Waals surface area contributed by atoms with E-state index in [9.17, 15) is 4.39 Å². The molecular formula is C16H14FN3S. The Labute approximate surface area is 126 Å². The van der Waals surface area contributed by atoms with E-state index in [-0.39, 0.29) is 11.9 Å². The molecule has 2 N–H and O–H groups in total. The fourth-order valence-corrected chi connectivity index (χ4v) is 3.07. The molecule has 0 aliphatic rings. The number of pyridine rings is 1. The lowest BCUT2D eigenvalue weighted by Gasteiger charge is -2.07. The van der Waals surface area contributed by atoms with Gasteiger partial charge in [-0.1, -0.05) is 30.3 Å². The van der Waals surface area contributed by atoms with Crippen LogP contribution in [0.25, 0.3) is 11.4 Å². The van der Waals surface area contributed by atoms with Crippen LogP contribution < -0.4 is 5.73 Å². The number of nitrogens with zero attached hydrogens (tertiary/aromatic N) is 2. The van der Waals surface area contributed by atoms with E-state index in [1.807, 2.05) is 37.3 Å². The summed E-state index contributed by atoms with van der Waals surface area (Å²) >= 11 is 1.55. The number of benzene rings is 1. The minimum absolute atomic E-state index is 0.260. The van der Waals surface area contributed by atoms with Gasteiger partial charge in [-0.3, -0.25) is 4.98 Å². The predicted octanol–water partition coefficient (Wildman–Crippen LogP) is 3.70. The van der Waals surface area contributed by atoms with Crippen molar-refractivity contribution in [2.75, 3.05) is 0 Å². The molecule has 3 rings (SSSR count). The van der Waals surface area contributed by atoms with E-state index in [0.29, 0.717) is 5.69 Å². The van der Waals surface area contributed by atoms with Gasteiger partial charge in [0.25, 0.3) is 0 Å². The number of rotatable bonds is 3. The molecule has 0 bridgehead atoms. The van der Waals surface area contributed by atoms with Gasteiger partial charge in [-0.2, -0.15) is 0 Å². The average Bonchev–Trinajstić information content (AvgIpc) is 2.90. The van der Waals surface area contributed by atoms with E-state index >= 15 is 0 Å². The van der Waals surface area contributed by atoms with Gasteiger partial charge in [0.15, 0.2) is 0 Å². The van der Waals surface area contributed by atoms with Gasteiger partial charge in [-0.15, -0.1) is 11.3 Å². The number of hydrogen-bond acceptors (Lipinski definition) is 4. The maximum atomic E-state index is 13.0. The quantitative estimate of drug-likeness (QED) is 0.802. The monoisotopic (exact) mass is 299 g/mol. The minimum Gasteiger partial charge on any atom is -0.318 e. The van der Waals surface area contributed by atoms with Crippen LogP contribution in [0.4, 0.5) is 4.39 Å². The molecule has 5 heteroatoms. The van der Waals surface area contributed by atoms with Crippen molar-refractivity contribution in [2.45, 2.75) is 13.0 Å². The van der Waals surface area contributed by atoms with Gasteiger partial charge < -0.3 is 5.73 Å². The van der Waals surface area contributed by atoms with Crippen LogP contribution in [0.5, 0.6) is 0 Å². The van der Waals surface area contributed by atoms with E-state index in [1.165, 1.54) is 12.3 Å². The Morgan fingerprint density at radius 3 is 2.57 bits per heavy atom. The second-order valence-corrected chi connectivity index (χ2v) is 5.94. The molecule has 0 amide bonds. The number of hydrogen-bond donors (Lipinski definition) is 1. The van der Waals surface area contributed by atoms with E-state index in [4.69, 9.17) is 5.73 Å². The van der Waals surface area contributed by atoms with E-state index in [0.717, 1.165) is 21.1 Å². The van der Waals surface area contributed by atoms with Gasteiger partial charge in [-0.25, -0.2) is 9.37 Å². The van der Waals surface area contributed by atoms with E-state index < -0.39 is 0 Å². The molecular weight excluding hydrogens is 285 g/mol. The van der Waals surface area contributed by atoms with Gasteiger partial charge in [0, 0.05) is 4.88 Å². The Morgan fingerprint density at radius 2 is 1.90 bits per heavy atom. The van der Waals surface area contributed by atoms with Crippen molar-refractivity contribution in [1.29, 1.82) is 0 Å². The molecule has 1 atom stereocenters. The molecule has 1 unspecified atom stereocenters. The molecule has 0 radical (unpaired) electrons. The highest BCUT2D eigenvalue weighted by molar-refractivity contribution is 7.12. The Balaban J connectivity index is 1.96. The molecule has 2 aromatic heterocycles. The van der Waals surface area contributed by atoms with Crippen molar-refractivity contribution in [1.82, 2.24) is 9.97 Å². The molecule has 0 aliphatic heterocycles. The van der Waals surface area contributed by atoms with Gasteiger partial charge in [0.2, 0.25) is 0 Å². The van der Waals surface area contributed by atoms with Crippen LogP contribution in [0.1, 0.15) is 21.5 Å². The molecule has 21 heavy (non-hydrogen) atoms. The fourth-order valence-electron chi connectivity index (χ4n) is 2.11. The first kappa shape index (κ1) is 13.9. The zero-order valence-corrected chi connectivity index (χ0v) is 12.3. The lowest BCUT2D eigenvalue weighted by Crippen LogP contribution is -2.11. The van der Waals surface area contributed by atoms with Crippen LogP contribution in [0, 0.1) is 12.7 Å². The number of halogens is 1. The van der Waals surface area contributed by atoms with Crippen LogP contribution in [-0.2, 0) is 0 Å². The van der Waals surface area contributed by atoms with Crippen molar-refractivity contribution in [3.63, 3.8) is 0 Å². The van der Waals surface area contributed by atoms with Gasteiger partial charge in [0.05, 0.1) is 17.9 Å². The predicted molar refractivity (Wildman–Crippen MR) is 82.5 cm³/mol. The highest BCUT2D eigenvalue weighted by atomic mass is 32.1. The van der Waals surface area contributed by atoms with Crippen LogP contribution in [0.3, 0.4) is 0 Å². The second-order valence-electron chi connectivity index (χ2n) is 4.71. The van der Waals surface area contributed by atoms with Crippen LogP contribution in [0.2, 0.25) is 0 Å². The normalized spacial score (nSPS) is 12.3. The summed E-state index contributed by atoms with van der Waals surface area (Å²) in [6.07, 6.45) is 1.20. The van der Waals surface area contributed by atoms with Crippen molar-refractivity contribution >= 4 is 11.3 Å².